The lowest BCUT2D eigenvalue weighted by atomic mass is 9.89. The number of carbonyl (C=O) groups excluding carboxylic acids is 2. The second-order valence-corrected chi connectivity index (χ2v) is 8.70. The van der Waals surface area contributed by atoms with Crippen LogP contribution < -0.4 is 11.1 Å². The molecule has 4 rings (SSSR count). The summed E-state index contributed by atoms with van der Waals surface area (Å²) in [5.41, 5.74) is 8.03. The second kappa shape index (κ2) is 7.83. The Morgan fingerprint density at radius 2 is 2.07 bits per heavy atom. The number of likely N-dealkylation sites (tertiary alicyclic amines) is 1. The predicted molar refractivity (Wildman–Crippen MR) is 117 cm³/mol. The molecule has 7 heteroatoms. The maximum Gasteiger partial charge on any atom is 0.313 e. The summed E-state index contributed by atoms with van der Waals surface area (Å²) in [4.78, 5) is 31.5. The number of pyridine rings is 1. The van der Waals surface area contributed by atoms with Gasteiger partial charge in [-0.2, -0.15) is 0 Å². The van der Waals surface area contributed by atoms with E-state index in [-0.39, 0.29) is 6.04 Å². The number of aryl methyl sites for hydroxylation is 1. The van der Waals surface area contributed by atoms with Crippen molar-refractivity contribution in [3.05, 3.63) is 53.0 Å². The van der Waals surface area contributed by atoms with Crippen molar-refractivity contribution in [3.8, 4) is 0 Å². The largest absolute Gasteiger partial charge is 0.383 e. The number of nitrogens with zero attached hydrogens (tertiary/aromatic N) is 2. The number of hydrogen-bond donors (Lipinski definition) is 2. The SMILES string of the molecule is Cc1cc(NC(=O)C(=O)N2C[C@@H](C)CCC2c2ccc3sccc3c2)cnc1N. The van der Waals surface area contributed by atoms with Gasteiger partial charge in [0.1, 0.15) is 5.82 Å². The number of thiophene rings is 1. The first-order chi connectivity index (χ1) is 13.9. The van der Waals surface area contributed by atoms with E-state index in [4.69, 9.17) is 5.73 Å². The average Bonchev–Trinajstić information content (AvgIpc) is 3.18. The van der Waals surface area contributed by atoms with Crippen molar-refractivity contribution in [1.29, 1.82) is 0 Å². The fourth-order valence-electron chi connectivity index (χ4n) is 3.88. The molecule has 0 saturated carbocycles. The Morgan fingerprint density at radius 3 is 2.86 bits per heavy atom. The Bertz CT molecular complexity index is 1080. The van der Waals surface area contributed by atoms with Gasteiger partial charge in [0.05, 0.1) is 17.9 Å². The Hall–Kier alpha value is -2.93. The van der Waals surface area contributed by atoms with Gasteiger partial charge in [0.15, 0.2) is 0 Å². The molecule has 1 aromatic carbocycles. The molecule has 3 aromatic rings. The first-order valence-electron chi connectivity index (χ1n) is 9.73. The fraction of sp³-hybridized carbons (Fsp3) is 0.318. The molecule has 2 atom stereocenters. The molecule has 2 aromatic heterocycles. The number of benzene rings is 1. The number of anilines is 2. The van der Waals surface area contributed by atoms with E-state index in [1.807, 2.05) is 6.92 Å². The van der Waals surface area contributed by atoms with Gasteiger partial charge >= 0.3 is 11.8 Å². The Kier molecular flexibility index (Phi) is 5.24. The third kappa shape index (κ3) is 3.96. The van der Waals surface area contributed by atoms with E-state index >= 15 is 0 Å². The van der Waals surface area contributed by atoms with Crippen LogP contribution in [0, 0.1) is 12.8 Å². The fourth-order valence-corrected chi connectivity index (χ4v) is 4.66. The number of amides is 2. The topological polar surface area (TPSA) is 88.3 Å². The van der Waals surface area contributed by atoms with E-state index in [1.54, 1.807) is 22.3 Å². The van der Waals surface area contributed by atoms with Crippen LogP contribution in [-0.4, -0.2) is 28.2 Å². The zero-order valence-electron chi connectivity index (χ0n) is 16.5. The van der Waals surface area contributed by atoms with Gasteiger partial charge < -0.3 is 16.0 Å². The highest BCUT2D eigenvalue weighted by atomic mass is 32.1. The molecule has 1 unspecified atom stereocenters. The van der Waals surface area contributed by atoms with Gasteiger partial charge in [0.25, 0.3) is 0 Å². The van der Waals surface area contributed by atoms with Gasteiger partial charge in [-0.3, -0.25) is 9.59 Å². The van der Waals surface area contributed by atoms with Crippen molar-refractivity contribution in [1.82, 2.24) is 9.88 Å². The van der Waals surface area contributed by atoms with Gasteiger partial charge in [0, 0.05) is 11.2 Å². The van der Waals surface area contributed by atoms with Crippen LogP contribution in [0.3, 0.4) is 0 Å². The summed E-state index contributed by atoms with van der Waals surface area (Å²) in [6.07, 6.45) is 3.34. The Morgan fingerprint density at radius 1 is 1.24 bits per heavy atom. The number of nitrogens with one attached hydrogen (secondary N) is 1. The van der Waals surface area contributed by atoms with Crippen molar-refractivity contribution in [3.63, 3.8) is 0 Å². The molecule has 29 heavy (non-hydrogen) atoms. The summed E-state index contributed by atoms with van der Waals surface area (Å²) in [5, 5.41) is 5.91. The highest BCUT2D eigenvalue weighted by Crippen LogP contribution is 2.35. The number of rotatable bonds is 2. The monoisotopic (exact) mass is 408 g/mol. The standard InChI is InChI=1S/C22H24N4O2S/c1-13-3-5-18(15-4-6-19-16(10-15)7-8-29-19)26(12-13)22(28)21(27)25-17-9-14(2)20(23)24-11-17/h4,6-11,13,18H,3,5,12H2,1-2H3,(H2,23,24)(H,25,27)/t13-,18?/m0/s1. The number of nitrogens with two attached hydrogens (primary N) is 1. The number of aromatic nitrogens is 1. The molecule has 3 heterocycles. The number of piperidine rings is 1. The molecule has 0 spiro atoms. The zero-order valence-corrected chi connectivity index (χ0v) is 17.3. The van der Waals surface area contributed by atoms with Gasteiger partial charge in [-0.05, 0) is 71.8 Å². The molecule has 1 fully saturated rings. The summed E-state index contributed by atoms with van der Waals surface area (Å²) in [6, 6.07) is 10.0. The number of hydrogen-bond acceptors (Lipinski definition) is 5. The van der Waals surface area contributed by atoms with Crippen molar-refractivity contribution in [2.45, 2.75) is 32.7 Å². The molecule has 3 N–H and O–H groups in total. The molecule has 1 saturated heterocycles. The summed E-state index contributed by atoms with van der Waals surface area (Å²) < 4.78 is 1.22. The van der Waals surface area contributed by atoms with Gasteiger partial charge in [0.2, 0.25) is 0 Å². The van der Waals surface area contributed by atoms with Gasteiger partial charge in [-0.15, -0.1) is 11.3 Å². The highest BCUT2D eigenvalue weighted by molar-refractivity contribution is 7.17. The van der Waals surface area contributed by atoms with E-state index < -0.39 is 11.8 Å². The predicted octanol–water partition coefficient (Wildman–Crippen LogP) is 4.13. The molecule has 0 bridgehead atoms. The smallest absolute Gasteiger partial charge is 0.313 e. The van der Waals surface area contributed by atoms with Gasteiger partial charge in [-0.1, -0.05) is 13.0 Å². The molecule has 150 valence electrons. The van der Waals surface area contributed by atoms with Crippen LogP contribution >= 0.6 is 11.3 Å². The van der Waals surface area contributed by atoms with Crippen LogP contribution in [0.15, 0.2) is 41.9 Å². The summed E-state index contributed by atoms with van der Waals surface area (Å²) in [7, 11) is 0. The number of carbonyl (C=O) groups is 2. The third-order valence-electron chi connectivity index (χ3n) is 5.51. The van der Waals surface area contributed by atoms with E-state index in [1.165, 1.54) is 16.3 Å². The Balaban J connectivity index is 1.57. The molecule has 1 aliphatic heterocycles. The van der Waals surface area contributed by atoms with Crippen molar-refractivity contribution < 1.29 is 9.59 Å². The van der Waals surface area contributed by atoms with Crippen molar-refractivity contribution in [2.75, 3.05) is 17.6 Å². The van der Waals surface area contributed by atoms with Crippen LogP contribution in [0.25, 0.3) is 10.1 Å². The lowest BCUT2D eigenvalue weighted by Gasteiger charge is -2.38. The van der Waals surface area contributed by atoms with Gasteiger partial charge in [-0.25, -0.2) is 4.98 Å². The zero-order chi connectivity index (χ0) is 20.5. The summed E-state index contributed by atoms with van der Waals surface area (Å²) in [5.74, 6) is -0.399. The van der Waals surface area contributed by atoms with E-state index in [9.17, 15) is 9.59 Å². The van der Waals surface area contributed by atoms with Crippen LogP contribution in [0.4, 0.5) is 11.5 Å². The maximum absolute atomic E-state index is 13.1. The summed E-state index contributed by atoms with van der Waals surface area (Å²) >= 11 is 1.70. The molecule has 2 amide bonds. The average molecular weight is 409 g/mol. The maximum atomic E-state index is 13.1. The minimum atomic E-state index is -0.647. The van der Waals surface area contributed by atoms with E-state index in [0.717, 1.165) is 24.0 Å². The van der Waals surface area contributed by atoms with Crippen LogP contribution in [-0.2, 0) is 9.59 Å². The third-order valence-corrected chi connectivity index (χ3v) is 6.41. The van der Waals surface area contributed by atoms with Crippen LogP contribution in [0.2, 0.25) is 0 Å². The lowest BCUT2D eigenvalue weighted by molar-refractivity contribution is -0.146. The lowest BCUT2D eigenvalue weighted by Crippen LogP contribution is -2.46. The minimum absolute atomic E-state index is 0.0972. The van der Waals surface area contributed by atoms with E-state index in [0.29, 0.717) is 24.0 Å². The molecular formula is C22H24N4O2S. The molecular weight excluding hydrogens is 384 g/mol. The first-order valence-corrected chi connectivity index (χ1v) is 10.6. The van der Waals surface area contributed by atoms with Crippen LogP contribution in [0.1, 0.15) is 36.9 Å². The molecule has 0 aliphatic carbocycles. The van der Waals surface area contributed by atoms with E-state index in [2.05, 4.69) is 46.9 Å². The molecule has 0 radical (unpaired) electrons. The number of fused-ring (bicyclic) bond motifs is 1. The second-order valence-electron chi connectivity index (χ2n) is 7.75. The molecule has 1 aliphatic rings. The van der Waals surface area contributed by atoms with Crippen LogP contribution in [0.5, 0.6) is 0 Å². The van der Waals surface area contributed by atoms with Crippen molar-refractivity contribution in [2.24, 2.45) is 5.92 Å². The molecule has 6 nitrogen and oxygen atoms in total. The first kappa shape index (κ1) is 19.4. The summed E-state index contributed by atoms with van der Waals surface area (Å²) in [6.45, 7) is 4.49. The number of nitrogen functional groups attached to an aromatic ring is 1. The van der Waals surface area contributed by atoms with Crippen molar-refractivity contribution >= 4 is 44.7 Å². The highest BCUT2D eigenvalue weighted by Gasteiger charge is 2.34. The Labute approximate surface area is 173 Å². The minimum Gasteiger partial charge on any atom is -0.383 e. The normalized spacial score (nSPS) is 19.3. The quantitative estimate of drug-likeness (QED) is 0.624.